The van der Waals surface area contributed by atoms with Crippen molar-refractivity contribution in [3.05, 3.63) is 35.3 Å². The van der Waals surface area contributed by atoms with Crippen LogP contribution < -0.4 is 10.0 Å². The van der Waals surface area contributed by atoms with Crippen LogP contribution in [-0.4, -0.2) is 23.7 Å². The fourth-order valence-corrected chi connectivity index (χ4v) is 2.46. The molecule has 1 aromatic rings. The van der Waals surface area contributed by atoms with Crippen molar-refractivity contribution < 1.29 is 14.6 Å². The molecule has 0 spiro atoms. The zero-order valence-corrected chi connectivity index (χ0v) is 10.2. The third-order valence-corrected chi connectivity index (χ3v) is 3.50. The Morgan fingerprint density at radius 2 is 2.28 bits per heavy atom. The fourth-order valence-electron chi connectivity index (χ4n) is 2.46. The Balaban J connectivity index is 2.02. The van der Waals surface area contributed by atoms with Crippen molar-refractivity contribution >= 4 is 5.91 Å². The highest BCUT2D eigenvalue weighted by Gasteiger charge is 2.26. The van der Waals surface area contributed by atoms with Crippen LogP contribution in [0.1, 0.15) is 36.0 Å². The van der Waals surface area contributed by atoms with Crippen molar-refractivity contribution in [1.82, 2.24) is 5.32 Å². The molecule has 1 aromatic heterocycles. The fraction of sp³-hybridized carbons (Fsp3) is 0.538. The van der Waals surface area contributed by atoms with Crippen LogP contribution in [0, 0.1) is 11.1 Å². The van der Waals surface area contributed by atoms with Gasteiger partial charge in [0.2, 0.25) is 0 Å². The lowest BCUT2D eigenvalue weighted by molar-refractivity contribution is -0.605. The van der Waals surface area contributed by atoms with Gasteiger partial charge in [0.1, 0.15) is 5.56 Å². The first kappa shape index (κ1) is 12.8. The molecule has 18 heavy (non-hydrogen) atoms. The van der Waals surface area contributed by atoms with Gasteiger partial charge in [0, 0.05) is 24.6 Å². The number of nitrogens with one attached hydrogen (secondary N) is 1. The van der Waals surface area contributed by atoms with Crippen molar-refractivity contribution in [3.63, 3.8) is 0 Å². The molecule has 5 heteroatoms. The Morgan fingerprint density at radius 1 is 1.50 bits per heavy atom. The SMILES string of the molecule is O=C(NC1CCCCC1CO)c1ccc[n+]([O-])c1. The molecule has 1 saturated carbocycles. The van der Waals surface area contributed by atoms with Gasteiger partial charge in [-0.3, -0.25) is 4.79 Å². The Labute approximate surface area is 106 Å². The maximum Gasteiger partial charge on any atom is 0.257 e. The summed E-state index contributed by atoms with van der Waals surface area (Å²) in [4.78, 5) is 12.0. The van der Waals surface area contributed by atoms with E-state index in [2.05, 4.69) is 5.32 Å². The first-order valence-electron chi connectivity index (χ1n) is 6.31. The lowest BCUT2D eigenvalue weighted by atomic mass is 9.85. The highest BCUT2D eigenvalue weighted by atomic mass is 16.5. The smallest absolute Gasteiger partial charge is 0.257 e. The number of aliphatic hydroxyl groups excluding tert-OH is 1. The van der Waals surface area contributed by atoms with Gasteiger partial charge < -0.3 is 15.6 Å². The molecule has 98 valence electrons. The molecule has 2 N–H and O–H groups in total. The molecule has 2 rings (SSSR count). The lowest BCUT2D eigenvalue weighted by Gasteiger charge is -2.30. The molecule has 0 saturated heterocycles. The van der Waals surface area contributed by atoms with Gasteiger partial charge >= 0.3 is 0 Å². The van der Waals surface area contributed by atoms with Gasteiger partial charge in [-0.05, 0) is 18.9 Å². The van der Waals surface area contributed by atoms with E-state index >= 15 is 0 Å². The predicted molar refractivity (Wildman–Crippen MR) is 65.7 cm³/mol. The molecule has 1 heterocycles. The number of aliphatic hydroxyl groups is 1. The number of hydrogen-bond acceptors (Lipinski definition) is 3. The molecule has 1 fully saturated rings. The van der Waals surface area contributed by atoms with Crippen LogP contribution in [0.3, 0.4) is 0 Å². The Hall–Kier alpha value is -1.62. The first-order valence-corrected chi connectivity index (χ1v) is 6.31. The van der Waals surface area contributed by atoms with Gasteiger partial charge in [0.05, 0.1) is 0 Å². The summed E-state index contributed by atoms with van der Waals surface area (Å²) in [7, 11) is 0. The van der Waals surface area contributed by atoms with Gasteiger partial charge in [-0.2, -0.15) is 4.73 Å². The van der Waals surface area contributed by atoms with Gasteiger partial charge in [-0.25, -0.2) is 0 Å². The molecule has 2 unspecified atom stereocenters. The van der Waals surface area contributed by atoms with Gasteiger partial charge in [-0.1, -0.05) is 12.8 Å². The van der Waals surface area contributed by atoms with E-state index in [-0.39, 0.29) is 24.5 Å². The molecular formula is C13H18N2O3. The monoisotopic (exact) mass is 250 g/mol. The predicted octanol–water partition coefficient (Wildman–Crippen LogP) is 0.601. The van der Waals surface area contributed by atoms with E-state index in [1.54, 1.807) is 12.1 Å². The van der Waals surface area contributed by atoms with Crippen molar-refractivity contribution in [2.75, 3.05) is 6.61 Å². The lowest BCUT2D eigenvalue weighted by Crippen LogP contribution is -2.44. The van der Waals surface area contributed by atoms with Gasteiger partial charge in [0.15, 0.2) is 12.4 Å². The topological polar surface area (TPSA) is 76.3 Å². The van der Waals surface area contributed by atoms with E-state index in [1.165, 1.54) is 12.4 Å². The third-order valence-electron chi connectivity index (χ3n) is 3.50. The molecule has 0 bridgehead atoms. The zero-order valence-electron chi connectivity index (χ0n) is 10.2. The summed E-state index contributed by atoms with van der Waals surface area (Å²) in [5, 5.41) is 23.3. The molecule has 1 aliphatic carbocycles. The molecular weight excluding hydrogens is 232 g/mol. The van der Waals surface area contributed by atoms with Crippen LogP contribution in [-0.2, 0) is 0 Å². The van der Waals surface area contributed by atoms with Crippen LogP contribution in [0.2, 0.25) is 0 Å². The number of carbonyl (C=O) groups is 1. The highest BCUT2D eigenvalue weighted by Crippen LogP contribution is 2.24. The maximum absolute atomic E-state index is 12.0. The number of amides is 1. The average Bonchev–Trinajstić information content (AvgIpc) is 2.39. The first-order chi connectivity index (χ1) is 8.70. The van der Waals surface area contributed by atoms with E-state index in [9.17, 15) is 15.1 Å². The molecule has 1 amide bonds. The molecule has 5 nitrogen and oxygen atoms in total. The molecule has 0 radical (unpaired) electrons. The largest absolute Gasteiger partial charge is 0.619 e. The van der Waals surface area contributed by atoms with Crippen molar-refractivity contribution in [2.45, 2.75) is 31.7 Å². The number of carbonyl (C=O) groups excluding carboxylic acids is 1. The van der Waals surface area contributed by atoms with Gasteiger partial charge in [-0.15, -0.1) is 0 Å². The van der Waals surface area contributed by atoms with Crippen molar-refractivity contribution in [3.8, 4) is 0 Å². The number of pyridine rings is 1. The van der Waals surface area contributed by atoms with Crippen LogP contribution in [0.4, 0.5) is 0 Å². The summed E-state index contributed by atoms with van der Waals surface area (Å²) < 4.78 is 0.610. The summed E-state index contributed by atoms with van der Waals surface area (Å²) in [5.74, 6) is -0.115. The van der Waals surface area contributed by atoms with Gasteiger partial charge in [0.25, 0.3) is 5.91 Å². The third kappa shape index (κ3) is 2.98. The Bertz CT molecular complexity index is 422. The van der Waals surface area contributed by atoms with E-state index in [0.29, 0.717) is 10.3 Å². The summed E-state index contributed by atoms with van der Waals surface area (Å²) in [5.41, 5.74) is 0.356. The standard InChI is InChI=1S/C13H18N2O3/c16-9-11-4-1-2-6-12(11)14-13(17)10-5-3-7-15(18)8-10/h3,5,7-8,11-12,16H,1-2,4,6,9H2,(H,14,17). The minimum Gasteiger partial charge on any atom is -0.619 e. The minimum atomic E-state index is -0.245. The zero-order chi connectivity index (χ0) is 13.0. The molecule has 1 aliphatic rings. The summed E-state index contributed by atoms with van der Waals surface area (Å²) in [6.07, 6.45) is 6.60. The van der Waals surface area contributed by atoms with Crippen LogP contribution >= 0.6 is 0 Å². The number of nitrogens with zero attached hydrogens (tertiary/aromatic N) is 1. The number of aromatic nitrogens is 1. The van der Waals surface area contributed by atoms with E-state index in [1.807, 2.05) is 0 Å². The normalized spacial score (nSPS) is 23.6. The van der Waals surface area contributed by atoms with E-state index in [0.717, 1.165) is 25.7 Å². The second-order valence-corrected chi connectivity index (χ2v) is 4.76. The van der Waals surface area contributed by atoms with Crippen LogP contribution in [0.5, 0.6) is 0 Å². The van der Waals surface area contributed by atoms with Crippen molar-refractivity contribution in [1.29, 1.82) is 0 Å². The van der Waals surface area contributed by atoms with E-state index < -0.39 is 0 Å². The Kier molecular flexibility index (Phi) is 4.15. The second-order valence-electron chi connectivity index (χ2n) is 4.76. The number of hydrogen-bond donors (Lipinski definition) is 2. The number of rotatable bonds is 3. The second kappa shape index (κ2) is 5.82. The van der Waals surface area contributed by atoms with E-state index in [4.69, 9.17) is 0 Å². The molecule has 0 aromatic carbocycles. The molecule has 0 aliphatic heterocycles. The summed E-state index contributed by atoms with van der Waals surface area (Å²) in [6.45, 7) is 0.0985. The van der Waals surface area contributed by atoms with Crippen LogP contribution in [0.25, 0.3) is 0 Å². The van der Waals surface area contributed by atoms with Crippen molar-refractivity contribution in [2.24, 2.45) is 5.92 Å². The summed E-state index contributed by atoms with van der Waals surface area (Å²) in [6, 6.07) is 3.17. The highest BCUT2D eigenvalue weighted by molar-refractivity contribution is 5.93. The minimum absolute atomic E-state index is 0.0107. The average molecular weight is 250 g/mol. The summed E-state index contributed by atoms with van der Waals surface area (Å²) >= 11 is 0. The quantitative estimate of drug-likeness (QED) is 0.609. The maximum atomic E-state index is 12.0. The Morgan fingerprint density at radius 3 is 3.00 bits per heavy atom. The van der Waals surface area contributed by atoms with Crippen LogP contribution in [0.15, 0.2) is 24.5 Å². The molecule has 2 atom stereocenters.